The third-order valence-electron chi connectivity index (χ3n) is 2.74. The fourth-order valence-electron chi connectivity index (χ4n) is 1.87. The van der Waals surface area contributed by atoms with Gasteiger partial charge in [-0.3, -0.25) is 20.4 Å². The average molecular weight is 303 g/mol. The number of nitrogens with zero attached hydrogens (tertiary/aromatic N) is 1. The summed E-state index contributed by atoms with van der Waals surface area (Å²) in [6.07, 6.45) is 0. The van der Waals surface area contributed by atoms with Crippen LogP contribution in [0.3, 0.4) is 0 Å². The minimum atomic E-state index is -0.559. The average Bonchev–Trinajstić information content (AvgIpc) is 2.88. The summed E-state index contributed by atoms with van der Waals surface area (Å²) < 4.78 is 10.1. The van der Waals surface area contributed by atoms with Gasteiger partial charge in [0, 0.05) is 6.07 Å². The van der Waals surface area contributed by atoms with Crippen molar-refractivity contribution in [1.82, 2.24) is 16.0 Å². The molecule has 0 spiro atoms. The first kappa shape index (κ1) is 15.6. The number of carbonyl (C=O) groups excluding carboxylic acids is 2. The van der Waals surface area contributed by atoms with Gasteiger partial charge in [-0.1, -0.05) is 11.2 Å². The van der Waals surface area contributed by atoms with E-state index < -0.39 is 11.8 Å². The van der Waals surface area contributed by atoms with Crippen LogP contribution in [0.4, 0.5) is 0 Å². The SMILES string of the molecule is Cc1cc(C)cc(OCC(=O)NNC(=O)c2cc(C)on2)c1. The molecule has 2 N–H and O–H groups in total. The Morgan fingerprint density at radius 2 is 1.77 bits per heavy atom. The topological polar surface area (TPSA) is 93.5 Å². The first-order chi connectivity index (χ1) is 10.4. The zero-order valence-electron chi connectivity index (χ0n) is 12.6. The lowest BCUT2D eigenvalue weighted by molar-refractivity contribution is -0.123. The second-order valence-electron chi connectivity index (χ2n) is 4.94. The predicted molar refractivity (Wildman–Crippen MR) is 78.3 cm³/mol. The first-order valence-electron chi connectivity index (χ1n) is 6.67. The van der Waals surface area contributed by atoms with E-state index in [2.05, 4.69) is 16.0 Å². The number of aromatic nitrogens is 1. The molecule has 2 aromatic rings. The van der Waals surface area contributed by atoms with Gasteiger partial charge in [0.15, 0.2) is 12.3 Å². The number of hydrogen-bond acceptors (Lipinski definition) is 5. The molecule has 116 valence electrons. The maximum atomic E-state index is 11.6. The quantitative estimate of drug-likeness (QED) is 0.834. The van der Waals surface area contributed by atoms with Crippen molar-refractivity contribution in [3.8, 4) is 5.75 Å². The third kappa shape index (κ3) is 4.34. The van der Waals surface area contributed by atoms with Gasteiger partial charge in [0.1, 0.15) is 11.5 Å². The van der Waals surface area contributed by atoms with Gasteiger partial charge in [-0.25, -0.2) is 0 Å². The van der Waals surface area contributed by atoms with Crippen molar-refractivity contribution in [2.45, 2.75) is 20.8 Å². The maximum Gasteiger partial charge on any atom is 0.291 e. The Morgan fingerprint density at radius 3 is 2.36 bits per heavy atom. The molecule has 0 aliphatic heterocycles. The second kappa shape index (κ2) is 6.75. The lowest BCUT2D eigenvalue weighted by Gasteiger charge is -2.09. The van der Waals surface area contributed by atoms with Crippen molar-refractivity contribution >= 4 is 11.8 Å². The van der Waals surface area contributed by atoms with Crippen LogP contribution >= 0.6 is 0 Å². The maximum absolute atomic E-state index is 11.6. The van der Waals surface area contributed by atoms with Crippen LogP contribution in [0.1, 0.15) is 27.4 Å². The van der Waals surface area contributed by atoms with Crippen LogP contribution in [-0.4, -0.2) is 23.6 Å². The van der Waals surface area contributed by atoms with Crippen molar-refractivity contribution < 1.29 is 18.8 Å². The summed E-state index contributed by atoms with van der Waals surface area (Å²) in [6.45, 7) is 5.35. The fourth-order valence-corrected chi connectivity index (χ4v) is 1.87. The van der Waals surface area contributed by atoms with Gasteiger partial charge in [-0.05, 0) is 44.0 Å². The van der Waals surface area contributed by atoms with Crippen LogP contribution in [0.25, 0.3) is 0 Å². The summed E-state index contributed by atoms with van der Waals surface area (Å²) in [5.74, 6) is 0.0741. The Hall–Kier alpha value is -2.83. The van der Waals surface area contributed by atoms with Gasteiger partial charge >= 0.3 is 0 Å². The largest absolute Gasteiger partial charge is 0.484 e. The molecule has 0 unspecified atom stereocenters. The van der Waals surface area contributed by atoms with Crippen LogP contribution in [0.5, 0.6) is 5.75 Å². The van der Waals surface area contributed by atoms with Gasteiger partial charge in [-0.2, -0.15) is 0 Å². The van der Waals surface area contributed by atoms with Crippen LogP contribution in [0.15, 0.2) is 28.8 Å². The van der Waals surface area contributed by atoms with E-state index in [1.807, 2.05) is 32.0 Å². The number of hydrazine groups is 1. The fraction of sp³-hybridized carbons (Fsp3) is 0.267. The van der Waals surface area contributed by atoms with E-state index in [1.54, 1.807) is 6.92 Å². The van der Waals surface area contributed by atoms with Crippen molar-refractivity contribution in [2.24, 2.45) is 0 Å². The van der Waals surface area contributed by atoms with Crippen molar-refractivity contribution in [2.75, 3.05) is 6.61 Å². The van der Waals surface area contributed by atoms with Gasteiger partial charge in [0.2, 0.25) is 0 Å². The number of rotatable bonds is 4. The molecule has 1 aromatic heterocycles. The smallest absolute Gasteiger partial charge is 0.291 e. The molecule has 0 aliphatic rings. The summed E-state index contributed by atoms with van der Waals surface area (Å²) in [4.78, 5) is 23.3. The molecule has 7 heteroatoms. The van der Waals surface area contributed by atoms with E-state index in [-0.39, 0.29) is 12.3 Å². The van der Waals surface area contributed by atoms with E-state index in [0.717, 1.165) is 11.1 Å². The molecule has 7 nitrogen and oxygen atoms in total. The van der Waals surface area contributed by atoms with Gasteiger partial charge < -0.3 is 9.26 Å². The molecular formula is C15H17N3O4. The van der Waals surface area contributed by atoms with Crippen LogP contribution < -0.4 is 15.6 Å². The van der Waals surface area contributed by atoms with E-state index in [1.165, 1.54) is 6.07 Å². The normalized spacial score (nSPS) is 10.1. The Morgan fingerprint density at radius 1 is 1.09 bits per heavy atom. The minimum absolute atomic E-state index is 0.0908. The lowest BCUT2D eigenvalue weighted by Crippen LogP contribution is -2.43. The molecule has 0 fully saturated rings. The number of hydrogen-bond donors (Lipinski definition) is 2. The van der Waals surface area contributed by atoms with Crippen LogP contribution in [-0.2, 0) is 4.79 Å². The Labute approximate surface area is 127 Å². The highest BCUT2D eigenvalue weighted by molar-refractivity contribution is 5.93. The number of ether oxygens (including phenoxy) is 1. The molecular weight excluding hydrogens is 286 g/mol. The molecule has 0 atom stereocenters. The minimum Gasteiger partial charge on any atom is -0.484 e. The molecule has 1 aromatic carbocycles. The lowest BCUT2D eigenvalue weighted by atomic mass is 10.1. The van der Waals surface area contributed by atoms with Crippen LogP contribution in [0.2, 0.25) is 0 Å². The highest BCUT2D eigenvalue weighted by Gasteiger charge is 2.12. The predicted octanol–water partition coefficient (Wildman–Crippen LogP) is 1.44. The Balaban J connectivity index is 1.79. The summed E-state index contributed by atoms with van der Waals surface area (Å²) in [7, 11) is 0. The summed E-state index contributed by atoms with van der Waals surface area (Å²) in [5.41, 5.74) is 6.66. The van der Waals surface area contributed by atoms with E-state index in [4.69, 9.17) is 9.26 Å². The zero-order chi connectivity index (χ0) is 16.1. The number of amides is 2. The molecule has 0 saturated carbocycles. The first-order valence-corrected chi connectivity index (χ1v) is 6.67. The van der Waals surface area contributed by atoms with Gasteiger partial charge in [0.25, 0.3) is 11.8 Å². The Bertz CT molecular complexity index is 674. The Kier molecular flexibility index (Phi) is 4.77. The highest BCUT2D eigenvalue weighted by Crippen LogP contribution is 2.15. The van der Waals surface area contributed by atoms with Gasteiger partial charge in [-0.15, -0.1) is 0 Å². The van der Waals surface area contributed by atoms with Gasteiger partial charge in [0.05, 0.1) is 0 Å². The number of benzene rings is 1. The van der Waals surface area contributed by atoms with E-state index in [0.29, 0.717) is 11.5 Å². The number of aryl methyl sites for hydroxylation is 3. The molecule has 1 heterocycles. The number of nitrogens with one attached hydrogen (secondary N) is 2. The van der Waals surface area contributed by atoms with Crippen molar-refractivity contribution in [3.63, 3.8) is 0 Å². The van der Waals surface area contributed by atoms with Crippen LogP contribution in [0, 0.1) is 20.8 Å². The van der Waals surface area contributed by atoms with Crippen molar-refractivity contribution in [3.05, 3.63) is 46.8 Å². The molecule has 0 saturated heterocycles. The molecule has 22 heavy (non-hydrogen) atoms. The summed E-state index contributed by atoms with van der Waals surface area (Å²) in [5, 5.41) is 3.54. The standard InChI is InChI=1S/C15H17N3O4/c1-9-4-10(2)6-12(5-9)21-8-14(19)16-17-15(20)13-7-11(3)22-18-13/h4-7H,8H2,1-3H3,(H,16,19)(H,17,20). The third-order valence-corrected chi connectivity index (χ3v) is 2.74. The molecule has 2 rings (SSSR count). The molecule has 2 amide bonds. The second-order valence-corrected chi connectivity index (χ2v) is 4.94. The van der Waals surface area contributed by atoms with Crippen molar-refractivity contribution in [1.29, 1.82) is 0 Å². The van der Waals surface area contributed by atoms with E-state index in [9.17, 15) is 9.59 Å². The summed E-state index contributed by atoms with van der Waals surface area (Å²) >= 11 is 0. The number of carbonyl (C=O) groups is 2. The highest BCUT2D eigenvalue weighted by atomic mass is 16.5. The molecule has 0 aliphatic carbocycles. The molecule has 0 radical (unpaired) electrons. The monoisotopic (exact) mass is 303 g/mol. The molecule has 0 bridgehead atoms. The summed E-state index contributed by atoms with van der Waals surface area (Å²) in [6, 6.07) is 7.13. The zero-order valence-corrected chi connectivity index (χ0v) is 12.6. The van der Waals surface area contributed by atoms with E-state index >= 15 is 0 Å².